The van der Waals surface area contributed by atoms with E-state index in [0.717, 1.165) is 16.7 Å². The molecule has 7 heteroatoms. The number of hydrogen-bond donors (Lipinski definition) is 3. The van der Waals surface area contributed by atoms with Crippen molar-refractivity contribution in [2.45, 2.75) is 19.4 Å². The minimum absolute atomic E-state index is 0.00762. The molecule has 2 aromatic carbocycles. The van der Waals surface area contributed by atoms with Gasteiger partial charge < -0.3 is 19.8 Å². The number of aromatic amines is 1. The molecule has 1 atom stereocenters. The molecule has 2 heterocycles. The van der Waals surface area contributed by atoms with Crippen LogP contribution in [0.1, 0.15) is 39.6 Å². The summed E-state index contributed by atoms with van der Waals surface area (Å²) in [6.45, 7) is 2.33. The van der Waals surface area contributed by atoms with E-state index in [4.69, 9.17) is 4.74 Å². The Bertz CT molecular complexity index is 1060. The smallest absolute Gasteiger partial charge is 0.273 e. The second kappa shape index (κ2) is 7.60. The Morgan fingerprint density at radius 2 is 2.07 bits per heavy atom. The molecule has 150 valence electrons. The maximum Gasteiger partial charge on any atom is 0.273 e. The summed E-state index contributed by atoms with van der Waals surface area (Å²) in [5.74, 6) is 0.622. The summed E-state index contributed by atoms with van der Waals surface area (Å²) in [4.78, 5) is 14.8. The zero-order valence-corrected chi connectivity index (χ0v) is 16.3. The average molecular weight is 393 g/mol. The summed E-state index contributed by atoms with van der Waals surface area (Å²) in [5.41, 5.74) is 4.12. The molecule has 4 rings (SSSR count). The van der Waals surface area contributed by atoms with Crippen LogP contribution in [0.25, 0.3) is 11.3 Å². The average Bonchev–Trinajstić information content (AvgIpc) is 3.27. The van der Waals surface area contributed by atoms with Gasteiger partial charge >= 0.3 is 0 Å². The number of methoxy groups -OCH3 is 1. The Hall–Kier alpha value is -3.32. The van der Waals surface area contributed by atoms with Crippen molar-refractivity contribution in [3.8, 4) is 22.8 Å². The third kappa shape index (κ3) is 3.23. The van der Waals surface area contributed by atoms with Gasteiger partial charge in [-0.15, -0.1) is 0 Å². The zero-order chi connectivity index (χ0) is 20.5. The number of nitrogens with zero attached hydrogens (tertiary/aromatic N) is 2. The number of aromatic hydroxyl groups is 1. The molecular formula is C22H23N3O4. The maximum atomic E-state index is 13.1. The Morgan fingerprint density at radius 1 is 1.24 bits per heavy atom. The molecule has 0 bridgehead atoms. The van der Waals surface area contributed by atoms with E-state index in [2.05, 4.69) is 10.2 Å². The van der Waals surface area contributed by atoms with Crippen molar-refractivity contribution in [2.75, 3.05) is 20.3 Å². The normalized spacial score (nSPS) is 15.6. The van der Waals surface area contributed by atoms with E-state index in [1.807, 2.05) is 43.3 Å². The molecule has 0 spiro atoms. The fourth-order valence-electron chi connectivity index (χ4n) is 3.87. The van der Waals surface area contributed by atoms with Crippen LogP contribution in [0.15, 0.2) is 42.5 Å². The number of fused-ring (bicyclic) bond motifs is 1. The number of aryl methyl sites for hydroxylation is 1. The Labute approximate surface area is 168 Å². The van der Waals surface area contributed by atoms with Crippen LogP contribution in [-0.2, 0) is 0 Å². The number of aliphatic hydroxyl groups excluding tert-OH is 1. The first-order valence-corrected chi connectivity index (χ1v) is 9.49. The predicted molar refractivity (Wildman–Crippen MR) is 108 cm³/mol. The van der Waals surface area contributed by atoms with Gasteiger partial charge in [-0.1, -0.05) is 23.8 Å². The van der Waals surface area contributed by atoms with Gasteiger partial charge in [-0.05, 0) is 43.2 Å². The molecule has 1 amide bonds. The molecule has 1 unspecified atom stereocenters. The molecule has 1 aliphatic heterocycles. The Kier molecular flexibility index (Phi) is 4.98. The first kappa shape index (κ1) is 19.0. The van der Waals surface area contributed by atoms with Crippen LogP contribution in [0.2, 0.25) is 0 Å². The van der Waals surface area contributed by atoms with Crippen molar-refractivity contribution in [1.82, 2.24) is 15.1 Å². The van der Waals surface area contributed by atoms with E-state index in [1.54, 1.807) is 18.1 Å². The molecule has 7 nitrogen and oxygen atoms in total. The number of phenols is 1. The largest absolute Gasteiger partial charge is 0.507 e. The molecule has 0 saturated heterocycles. The number of H-pyrrole nitrogens is 1. The molecule has 0 aliphatic carbocycles. The van der Waals surface area contributed by atoms with E-state index in [9.17, 15) is 15.0 Å². The van der Waals surface area contributed by atoms with Crippen LogP contribution in [0.3, 0.4) is 0 Å². The summed E-state index contributed by atoms with van der Waals surface area (Å²) in [6.07, 6.45) is 0.467. The number of carbonyl (C=O) groups is 1. The zero-order valence-electron chi connectivity index (χ0n) is 16.3. The van der Waals surface area contributed by atoms with E-state index in [-0.39, 0.29) is 18.3 Å². The second-order valence-electron chi connectivity index (χ2n) is 7.14. The number of hydrogen-bond acceptors (Lipinski definition) is 5. The lowest BCUT2D eigenvalue weighted by Crippen LogP contribution is -2.31. The molecule has 3 N–H and O–H groups in total. The second-order valence-corrected chi connectivity index (χ2v) is 7.14. The Morgan fingerprint density at radius 3 is 2.83 bits per heavy atom. The van der Waals surface area contributed by atoms with E-state index in [1.165, 1.54) is 0 Å². The highest BCUT2D eigenvalue weighted by molar-refractivity contribution is 6.00. The van der Waals surface area contributed by atoms with E-state index in [0.29, 0.717) is 35.7 Å². The van der Waals surface area contributed by atoms with Gasteiger partial charge in [0, 0.05) is 24.3 Å². The third-order valence-corrected chi connectivity index (χ3v) is 5.24. The first-order chi connectivity index (χ1) is 14.0. The number of nitrogens with one attached hydrogen (secondary N) is 1. The lowest BCUT2D eigenvalue weighted by Gasteiger charge is -2.26. The van der Waals surface area contributed by atoms with Crippen LogP contribution >= 0.6 is 0 Å². The van der Waals surface area contributed by atoms with Crippen LogP contribution in [0.4, 0.5) is 0 Å². The molecule has 0 radical (unpaired) electrons. The minimum Gasteiger partial charge on any atom is -0.507 e. The summed E-state index contributed by atoms with van der Waals surface area (Å²) >= 11 is 0. The summed E-state index contributed by atoms with van der Waals surface area (Å²) in [6, 6.07) is 12.5. The van der Waals surface area contributed by atoms with Gasteiger partial charge in [-0.25, -0.2) is 0 Å². The van der Waals surface area contributed by atoms with Crippen molar-refractivity contribution in [1.29, 1.82) is 0 Å². The van der Waals surface area contributed by atoms with Gasteiger partial charge in [0.25, 0.3) is 5.91 Å². The topological polar surface area (TPSA) is 98.7 Å². The number of aromatic nitrogens is 2. The Balaban J connectivity index is 1.90. The van der Waals surface area contributed by atoms with Gasteiger partial charge in [-0.3, -0.25) is 9.89 Å². The first-order valence-electron chi connectivity index (χ1n) is 9.49. The van der Waals surface area contributed by atoms with E-state index >= 15 is 0 Å². The predicted octanol–water partition coefficient (Wildman–Crippen LogP) is 3.03. The molecule has 1 aliphatic rings. The number of benzene rings is 2. The van der Waals surface area contributed by atoms with Crippen LogP contribution in [0, 0.1) is 6.92 Å². The lowest BCUT2D eigenvalue weighted by atomic mass is 9.95. The van der Waals surface area contributed by atoms with E-state index < -0.39 is 6.04 Å². The number of carbonyl (C=O) groups excluding carboxylic acids is 1. The maximum absolute atomic E-state index is 13.1. The van der Waals surface area contributed by atoms with Gasteiger partial charge in [-0.2, -0.15) is 5.10 Å². The molecule has 0 saturated carbocycles. The molecular weight excluding hydrogens is 370 g/mol. The van der Waals surface area contributed by atoms with Gasteiger partial charge in [0.2, 0.25) is 0 Å². The van der Waals surface area contributed by atoms with Crippen molar-refractivity contribution in [2.24, 2.45) is 0 Å². The SMILES string of the molecule is COc1cccc(C2c3c(-c4cc(C)ccc4O)n[nH]c3C(=O)N2CCCO)c1. The summed E-state index contributed by atoms with van der Waals surface area (Å²) < 4.78 is 5.37. The monoisotopic (exact) mass is 393 g/mol. The highest BCUT2D eigenvalue weighted by atomic mass is 16.5. The van der Waals surface area contributed by atoms with Crippen LogP contribution in [0.5, 0.6) is 11.5 Å². The highest BCUT2D eigenvalue weighted by Gasteiger charge is 2.42. The fourth-order valence-corrected chi connectivity index (χ4v) is 3.87. The van der Waals surface area contributed by atoms with Crippen molar-refractivity contribution in [3.63, 3.8) is 0 Å². The number of rotatable bonds is 6. The van der Waals surface area contributed by atoms with Gasteiger partial charge in [0.15, 0.2) is 0 Å². The van der Waals surface area contributed by atoms with Crippen molar-refractivity contribution < 1.29 is 19.7 Å². The summed E-state index contributed by atoms with van der Waals surface area (Å²) in [7, 11) is 1.60. The van der Waals surface area contributed by atoms with Crippen molar-refractivity contribution >= 4 is 5.91 Å². The number of ether oxygens (including phenoxy) is 1. The quantitative estimate of drug-likeness (QED) is 0.598. The molecule has 29 heavy (non-hydrogen) atoms. The fraction of sp³-hybridized carbons (Fsp3) is 0.273. The number of phenolic OH excluding ortho intramolecular Hbond substituents is 1. The molecule has 1 aromatic heterocycles. The van der Waals surface area contributed by atoms with Gasteiger partial charge in [0.05, 0.1) is 13.2 Å². The summed E-state index contributed by atoms with van der Waals surface area (Å²) in [5, 5.41) is 27.0. The molecule has 3 aromatic rings. The molecule has 0 fully saturated rings. The van der Waals surface area contributed by atoms with Gasteiger partial charge in [0.1, 0.15) is 22.9 Å². The minimum atomic E-state index is -0.396. The van der Waals surface area contributed by atoms with Crippen LogP contribution < -0.4 is 4.74 Å². The number of amides is 1. The third-order valence-electron chi connectivity index (χ3n) is 5.24. The lowest BCUT2D eigenvalue weighted by molar-refractivity contribution is 0.0732. The highest BCUT2D eigenvalue weighted by Crippen LogP contribution is 2.45. The number of aliphatic hydroxyl groups is 1. The standard InChI is InChI=1S/C22H23N3O4/c1-13-7-8-17(27)16(11-13)19-18-20(24-23-19)22(28)25(9-4-10-26)21(18)14-5-3-6-15(12-14)29-2/h3,5-8,11-12,21,26-27H,4,9-10H2,1-2H3,(H,23,24). The van der Waals surface area contributed by atoms with Crippen LogP contribution in [-0.4, -0.2) is 51.5 Å². The van der Waals surface area contributed by atoms with Crippen molar-refractivity contribution in [3.05, 3.63) is 64.8 Å².